The van der Waals surface area contributed by atoms with Crippen molar-refractivity contribution in [3.63, 3.8) is 0 Å². The SMILES string of the molecule is CC(NC1=NCCN1)Oc1cc(N(N=C=O)c2ccccc2S(=O)(=O)NC(C)C(=O)O)on1. The highest BCUT2D eigenvalue weighted by Gasteiger charge is 2.28. The molecule has 14 nitrogen and oxygen atoms in total. The van der Waals surface area contributed by atoms with Gasteiger partial charge in [0.25, 0.3) is 17.8 Å². The third kappa shape index (κ3) is 5.85. The van der Waals surface area contributed by atoms with E-state index >= 15 is 0 Å². The number of rotatable bonds is 10. The number of carboxylic acid groups (broad SMARTS) is 1. The number of ether oxygens (including phenoxy) is 1. The number of hydrazone groups is 1. The summed E-state index contributed by atoms with van der Waals surface area (Å²) in [5, 5.41) is 23.2. The second kappa shape index (κ2) is 10.1. The molecule has 0 aliphatic carbocycles. The summed E-state index contributed by atoms with van der Waals surface area (Å²) in [6, 6.07) is 5.38. The first-order chi connectivity index (χ1) is 15.7. The van der Waals surface area contributed by atoms with Crippen molar-refractivity contribution in [1.82, 2.24) is 20.5 Å². The van der Waals surface area contributed by atoms with E-state index in [2.05, 4.69) is 25.9 Å². The number of anilines is 2. The highest BCUT2D eigenvalue weighted by atomic mass is 32.2. The zero-order valence-electron chi connectivity index (χ0n) is 17.5. The van der Waals surface area contributed by atoms with Gasteiger partial charge in [0, 0.05) is 6.54 Å². The van der Waals surface area contributed by atoms with Crippen LogP contribution in [0.4, 0.5) is 11.6 Å². The van der Waals surface area contributed by atoms with E-state index in [1.54, 1.807) is 6.92 Å². The molecule has 1 aliphatic heterocycles. The van der Waals surface area contributed by atoms with Gasteiger partial charge in [-0.1, -0.05) is 17.2 Å². The summed E-state index contributed by atoms with van der Waals surface area (Å²) >= 11 is 0. The number of aromatic nitrogens is 1. The van der Waals surface area contributed by atoms with Crippen LogP contribution in [0.15, 0.2) is 49.8 Å². The lowest BCUT2D eigenvalue weighted by atomic mass is 10.3. The van der Waals surface area contributed by atoms with E-state index in [0.717, 1.165) is 5.01 Å². The Morgan fingerprint density at radius 3 is 2.82 bits per heavy atom. The average molecular weight is 479 g/mol. The van der Waals surface area contributed by atoms with Crippen LogP contribution in [0.2, 0.25) is 0 Å². The van der Waals surface area contributed by atoms with Crippen molar-refractivity contribution in [2.24, 2.45) is 10.1 Å². The van der Waals surface area contributed by atoms with E-state index in [0.29, 0.717) is 19.0 Å². The predicted octanol–water partition coefficient (Wildman–Crippen LogP) is 0.0885. The van der Waals surface area contributed by atoms with Crippen molar-refractivity contribution in [2.45, 2.75) is 31.0 Å². The Balaban J connectivity index is 1.87. The lowest BCUT2D eigenvalue weighted by Gasteiger charge is -2.18. The average Bonchev–Trinajstić information content (AvgIpc) is 3.44. The zero-order chi connectivity index (χ0) is 24.0. The normalized spacial score (nSPS) is 14.9. The number of carbonyl (C=O) groups excluding carboxylic acids is 1. The second-order valence-electron chi connectivity index (χ2n) is 6.72. The first-order valence-corrected chi connectivity index (χ1v) is 11.1. The van der Waals surface area contributed by atoms with Gasteiger partial charge >= 0.3 is 5.97 Å². The summed E-state index contributed by atoms with van der Waals surface area (Å²) < 4.78 is 38.4. The van der Waals surface area contributed by atoms with Crippen LogP contribution in [-0.4, -0.2) is 62.0 Å². The fraction of sp³-hybridized carbons (Fsp3) is 0.333. The molecule has 1 aromatic heterocycles. The van der Waals surface area contributed by atoms with Gasteiger partial charge in [0.15, 0.2) is 12.2 Å². The monoisotopic (exact) mass is 479 g/mol. The molecule has 0 saturated heterocycles. The van der Waals surface area contributed by atoms with Gasteiger partial charge < -0.3 is 25.0 Å². The van der Waals surface area contributed by atoms with Gasteiger partial charge in [0.05, 0.1) is 18.3 Å². The van der Waals surface area contributed by atoms with E-state index in [1.807, 2.05) is 4.72 Å². The van der Waals surface area contributed by atoms with Crippen molar-refractivity contribution in [1.29, 1.82) is 0 Å². The first kappa shape index (κ1) is 23.7. The van der Waals surface area contributed by atoms with E-state index < -0.39 is 28.3 Å². The summed E-state index contributed by atoms with van der Waals surface area (Å²) in [4.78, 5) is 26.0. The van der Waals surface area contributed by atoms with E-state index in [-0.39, 0.29) is 22.3 Å². The molecule has 0 bridgehead atoms. The highest BCUT2D eigenvalue weighted by Crippen LogP contribution is 2.33. The number of para-hydroxylation sites is 1. The van der Waals surface area contributed by atoms with Gasteiger partial charge in [-0.2, -0.15) is 9.73 Å². The van der Waals surface area contributed by atoms with Crippen molar-refractivity contribution in [3.05, 3.63) is 30.3 Å². The third-order valence-electron chi connectivity index (χ3n) is 4.22. The van der Waals surface area contributed by atoms with E-state index in [4.69, 9.17) is 14.4 Å². The molecule has 0 spiro atoms. The molecule has 2 aromatic rings. The van der Waals surface area contributed by atoms with Crippen molar-refractivity contribution < 1.29 is 32.4 Å². The number of nitrogens with one attached hydrogen (secondary N) is 3. The summed E-state index contributed by atoms with van der Waals surface area (Å²) in [5.74, 6) is -0.920. The van der Waals surface area contributed by atoms with Crippen LogP contribution in [0.1, 0.15) is 13.8 Å². The Labute approximate surface area is 188 Å². The molecule has 2 unspecified atom stereocenters. The molecule has 15 heteroatoms. The minimum Gasteiger partial charge on any atom is -0.480 e. The number of aliphatic imine (C=N–C) groups is 1. The standard InChI is InChI=1S/C18H21N7O7S/c1-11(17(27)28)24-33(29,30)14-6-4-3-5-13(14)25(21-10-26)16-9-15(23-32-16)31-12(2)22-18-19-7-8-20-18/h3-6,9,11-12,24H,7-8H2,1-2H3,(H,27,28)(H2,19,20,22). The maximum atomic E-state index is 12.8. The first-order valence-electron chi connectivity index (χ1n) is 9.61. The molecule has 0 radical (unpaired) electrons. The van der Waals surface area contributed by atoms with Crippen LogP contribution in [0, 0.1) is 0 Å². The summed E-state index contributed by atoms with van der Waals surface area (Å²) in [6.07, 6.45) is 0.776. The zero-order valence-corrected chi connectivity index (χ0v) is 18.4. The molecule has 1 aromatic carbocycles. The van der Waals surface area contributed by atoms with Crippen LogP contribution in [0.5, 0.6) is 5.88 Å². The number of benzene rings is 1. The maximum absolute atomic E-state index is 12.8. The number of guanidine groups is 1. The van der Waals surface area contributed by atoms with Crippen LogP contribution in [0.3, 0.4) is 0 Å². The minimum atomic E-state index is -4.32. The Morgan fingerprint density at radius 1 is 1.39 bits per heavy atom. The number of aliphatic carboxylic acids is 1. The van der Waals surface area contributed by atoms with Crippen LogP contribution >= 0.6 is 0 Å². The molecular formula is C18H21N7O7S. The third-order valence-corrected chi connectivity index (χ3v) is 5.81. The number of isocyanates is 1. The van der Waals surface area contributed by atoms with Crippen molar-refractivity contribution >= 4 is 39.6 Å². The van der Waals surface area contributed by atoms with Gasteiger partial charge in [-0.15, -0.1) is 0 Å². The topological polar surface area (TPSA) is 188 Å². The predicted molar refractivity (Wildman–Crippen MR) is 114 cm³/mol. The largest absolute Gasteiger partial charge is 0.480 e. The second-order valence-corrected chi connectivity index (χ2v) is 8.40. The summed E-state index contributed by atoms with van der Waals surface area (Å²) in [6.45, 7) is 4.23. The Morgan fingerprint density at radius 2 is 2.15 bits per heavy atom. The van der Waals surface area contributed by atoms with E-state index in [1.165, 1.54) is 43.3 Å². The number of hydrogen-bond acceptors (Lipinski definition) is 12. The van der Waals surface area contributed by atoms with Crippen LogP contribution < -0.4 is 25.1 Å². The number of carboxylic acids is 1. The van der Waals surface area contributed by atoms with Gasteiger partial charge in [0.1, 0.15) is 10.9 Å². The fourth-order valence-corrected chi connectivity index (χ4v) is 4.15. The van der Waals surface area contributed by atoms with Crippen LogP contribution in [-0.2, 0) is 19.6 Å². The Bertz CT molecular complexity index is 1190. The number of hydrogen-bond donors (Lipinski definition) is 4. The highest BCUT2D eigenvalue weighted by molar-refractivity contribution is 7.89. The summed E-state index contributed by atoms with van der Waals surface area (Å²) in [5.41, 5.74) is -0.107. The maximum Gasteiger partial charge on any atom is 0.321 e. The number of carbonyl (C=O) groups is 1. The molecular weight excluding hydrogens is 458 g/mol. The molecule has 0 amide bonds. The molecule has 0 fully saturated rings. The van der Waals surface area contributed by atoms with E-state index in [9.17, 15) is 18.0 Å². The molecule has 33 heavy (non-hydrogen) atoms. The van der Waals surface area contributed by atoms with Gasteiger partial charge in [-0.05, 0) is 31.1 Å². The number of sulfonamides is 1. The molecule has 4 N–H and O–H groups in total. The fourth-order valence-electron chi connectivity index (χ4n) is 2.77. The van der Waals surface area contributed by atoms with Crippen molar-refractivity contribution in [2.75, 3.05) is 18.1 Å². The quantitative estimate of drug-likeness (QED) is 0.156. The number of nitrogens with zero attached hydrogens (tertiary/aromatic N) is 4. The lowest BCUT2D eigenvalue weighted by Crippen LogP contribution is -2.42. The molecule has 176 valence electrons. The van der Waals surface area contributed by atoms with Gasteiger partial charge in [-0.3, -0.25) is 9.79 Å². The molecule has 1 aliphatic rings. The minimum absolute atomic E-state index is 0.0210. The lowest BCUT2D eigenvalue weighted by molar-refractivity contribution is -0.138. The summed E-state index contributed by atoms with van der Waals surface area (Å²) in [7, 11) is -4.32. The smallest absolute Gasteiger partial charge is 0.321 e. The Hall–Kier alpha value is -3.94. The molecule has 0 saturated carbocycles. The van der Waals surface area contributed by atoms with Crippen LogP contribution in [0.25, 0.3) is 0 Å². The molecule has 2 atom stereocenters. The van der Waals surface area contributed by atoms with Crippen molar-refractivity contribution in [3.8, 4) is 5.88 Å². The van der Waals surface area contributed by atoms with Gasteiger partial charge in [0.2, 0.25) is 10.0 Å². The van der Waals surface area contributed by atoms with Gasteiger partial charge in [-0.25, -0.2) is 13.2 Å². The molecule has 2 heterocycles. The Kier molecular flexibility index (Phi) is 7.27. The molecule has 3 rings (SSSR count).